The smallest absolute Gasteiger partial charge is 0.302 e. The average Bonchev–Trinajstić information content (AvgIpc) is 2.88. The second kappa shape index (κ2) is 6.31. The Morgan fingerprint density at radius 2 is 1.92 bits per heavy atom. The second-order valence-electron chi connectivity index (χ2n) is 7.98. The topological polar surface area (TPSA) is 60.4 Å². The van der Waals surface area contributed by atoms with Gasteiger partial charge in [0.25, 0.3) is 0 Å². The molecule has 2 saturated carbocycles. The van der Waals surface area contributed by atoms with Gasteiger partial charge in [-0.05, 0) is 60.4 Å². The van der Waals surface area contributed by atoms with E-state index in [1.54, 1.807) is 12.1 Å². The van der Waals surface area contributed by atoms with Gasteiger partial charge in [0.15, 0.2) is 0 Å². The van der Waals surface area contributed by atoms with Crippen molar-refractivity contribution in [1.29, 1.82) is 0 Å². The van der Waals surface area contributed by atoms with Gasteiger partial charge in [0.1, 0.15) is 6.10 Å². The number of esters is 1. The molecule has 2 aliphatic carbocycles. The minimum absolute atomic E-state index is 0.0249. The number of rotatable bonds is 5. The van der Waals surface area contributed by atoms with Crippen LogP contribution in [0.4, 0.5) is 0 Å². The van der Waals surface area contributed by atoms with Gasteiger partial charge in [0.05, 0.1) is 4.90 Å². The standard InChI is InChI=1S/C19H26O4S2/c1-13-5-7-16(8-6-13)25(21,22)24-12-19-10-9-15(18(19,3)4)11-17(19)23-14(2)20/h5-8,15,17H,9-12H2,1-4H3/t15-,17-,19-/m1/s1. The lowest BCUT2D eigenvalue weighted by atomic mass is 9.69. The molecule has 2 bridgehead atoms. The number of carbonyl (C=O) groups excluding carboxylic acids is 1. The van der Waals surface area contributed by atoms with Crippen LogP contribution in [0, 0.1) is 23.7 Å². The molecular weight excluding hydrogens is 356 g/mol. The molecule has 138 valence electrons. The van der Waals surface area contributed by atoms with Crippen LogP contribution in [0.2, 0.25) is 0 Å². The van der Waals surface area contributed by atoms with E-state index in [9.17, 15) is 13.2 Å². The molecule has 0 amide bonds. The summed E-state index contributed by atoms with van der Waals surface area (Å²) in [5.74, 6) is 0.670. The predicted molar refractivity (Wildman–Crippen MR) is 99.9 cm³/mol. The summed E-state index contributed by atoms with van der Waals surface area (Å²) in [6.07, 6.45) is 2.66. The molecule has 0 spiro atoms. The minimum Gasteiger partial charge on any atom is -0.462 e. The largest absolute Gasteiger partial charge is 0.462 e. The first-order valence-corrected chi connectivity index (χ1v) is 11.7. The van der Waals surface area contributed by atoms with E-state index >= 15 is 0 Å². The second-order valence-corrected chi connectivity index (χ2v) is 11.9. The zero-order chi connectivity index (χ0) is 18.5. The molecule has 0 heterocycles. The average molecular weight is 383 g/mol. The molecule has 2 aliphatic rings. The van der Waals surface area contributed by atoms with Gasteiger partial charge in [0.2, 0.25) is 8.87 Å². The van der Waals surface area contributed by atoms with Crippen LogP contribution in [0.5, 0.6) is 0 Å². The SMILES string of the molecule is CC(=O)O[C@@H]1C[C@H]2CC[C@]1(CSS(=O)(=O)c1ccc(C)cc1)C2(C)C. The Morgan fingerprint density at radius 1 is 1.28 bits per heavy atom. The highest BCUT2D eigenvalue weighted by atomic mass is 33.1. The minimum atomic E-state index is -3.42. The number of hydrogen-bond acceptors (Lipinski definition) is 5. The quantitative estimate of drug-likeness (QED) is 0.565. The van der Waals surface area contributed by atoms with E-state index in [1.165, 1.54) is 6.92 Å². The molecule has 0 radical (unpaired) electrons. The molecule has 0 saturated heterocycles. The van der Waals surface area contributed by atoms with Gasteiger partial charge < -0.3 is 4.74 Å². The highest BCUT2D eigenvalue weighted by Crippen LogP contribution is 2.67. The summed E-state index contributed by atoms with van der Waals surface area (Å²) in [5, 5.41) is 0. The van der Waals surface area contributed by atoms with E-state index in [1.807, 2.05) is 19.1 Å². The highest BCUT2D eigenvalue weighted by Gasteiger charge is 2.65. The van der Waals surface area contributed by atoms with Gasteiger partial charge in [-0.3, -0.25) is 4.79 Å². The summed E-state index contributed by atoms with van der Waals surface area (Å²) in [4.78, 5) is 11.9. The van der Waals surface area contributed by atoms with Crippen LogP contribution in [0.1, 0.15) is 45.6 Å². The van der Waals surface area contributed by atoms with E-state index < -0.39 is 8.87 Å². The van der Waals surface area contributed by atoms with Gasteiger partial charge in [0, 0.05) is 18.1 Å². The highest BCUT2D eigenvalue weighted by molar-refractivity contribution is 8.72. The van der Waals surface area contributed by atoms with Crippen molar-refractivity contribution in [2.24, 2.45) is 16.7 Å². The summed E-state index contributed by atoms with van der Waals surface area (Å²) in [5.41, 5.74) is 0.738. The Hall–Kier alpha value is -1.01. The lowest BCUT2D eigenvalue weighted by Crippen LogP contribution is -2.43. The number of benzene rings is 1. The Bertz CT molecular complexity index is 767. The maximum absolute atomic E-state index is 12.8. The third-order valence-corrected chi connectivity index (χ3v) is 10.1. The van der Waals surface area contributed by atoms with Gasteiger partial charge in [-0.25, -0.2) is 8.42 Å². The molecule has 2 fully saturated rings. The summed E-state index contributed by atoms with van der Waals surface area (Å²) in [6.45, 7) is 7.77. The Morgan fingerprint density at radius 3 is 2.48 bits per heavy atom. The fourth-order valence-corrected chi connectivity index (χ4v) is 8.17. The molecular formula is C19H26O4S2. The van der Waals surface area contributed by atoms with E-state index in [2.05, 4.69) is 13.8 Å². The van der Waals surface area contributed by atoms with Crippen molar-refractivity contribution in [3.05, 3.63) is 29.8 Å². The van der Waals surface area contributed by atoms with E-state index in [4.69, 9.17) is 4.74 Å². The monoisotopic (exact) mass is 382 g/mol. The Labute approximate surface area is 154 Å². The molecule has 3 atom stereocenters. The van der Waals surface area contributed by atoms with Crippen LogP contribution in [-0.2, 0) is 18.4 Å². The van der Waals surface area contributed by atoms with Crippen molar-refractivity contribution in [3.63, 3.8) is 0 Å². The first-order chi connectivity index (χ1) is 11.6. The fraction of sp³-hybridized carbons (Fsp3) is 0.632. The molecule has 0 aromatic heterocycles. The zero-order valence-electron chi connectivity index (χ0n) is 15.2. The molecule has 0 N–H and O–H groups in total. The van der Waals surface area contributed by atoms with Crippen molar-refractivity contribution in [2.45, 2.75) is 58.0 Å². The van der Waals surface area contributed by atoms with Crippen LogP contribution < -0.4 is 0 Å². The number of aryl methyl sites for hydroxylation is 1. The Kier molecular flexibility index (Phi) is 4.73. The number of carbonyl (C=O) groups is 1. The van der Waals surface area contributed by atoms with Crippen molar-refractivity contribution in [1.82, 2.24) is 0 Å². The number of hydrogen-bond donors (Lipinski definition) is 0. The van der Waals surface area contributed by atoms with Crippen molar-refractivity contribution < 1.29 is 17.9 Å². The maximum Gasteiger partial charge on any atom is 0.302 e. The lowest BCUT2D eigenvalue weighted by molar-refractivity contribution is -0.153. The third-order valence-electron chi connectivity index (χ3n) is 6.45. The molecule has 1 aromatic rings. The first-order valence-electron chi connectivity index (χ1n) is 8.72. The predicted octanol–water partition coefficient (Wildman–Crippen LogP) is 4.17. The van der Waals surface area contributed by atoms with Crippen molar-refractivity contribution in [2.75, 3.05) is 5.75 Å². The van der Waals surface area contributed by atoms with Crippen molar-refractivity contribution in [3.8, 4) is 0 Å². The van der Waals surface area contributed by atoms with Gasteiger partial charge in [-0.2, -0.15) is 0 Å². The van der Waals surface area contributed by atoms with Crippen molar-refractivity contribution >= 4 is 25.6 Å². The molecule has 3 rings (SSSR count). The molecule has 25 heavy (non-hydrogen) atoms. The molecule has 0 unspecified atom stereocenters. The van der Waals surface area contributed by atoms with E-state index in [0.29, 0.717) is 16.6 Å². The molecule has 6 heteroatoms. The van der Waals surface area contributed by atoms with Crippen LogP contribution in [0.25, 0.3) is 0 Å². The van der Waals surface area contributed by atoms with Gasteiger partial charge >= 0.3 is 5.97 Å². The number of ether oxygens (including phenoxy) is 1. The van der Waals surface area contributed by atoms with Crippen LogP contribution in [0.15, 0.2) is 29.2 Å². The van der Waals surface area contributed by atoms with Crippen LogP contribution in [0.3, 0.4) is 0 Å². The van der Waals surface area contributed by atoms with Crippen LogP contribution in [-0.4, -0.2) is 26.2 Å². The summed E-state index contributed by atoms with van der Waals surface area (Å²) in [6, 6.07) is 6.96. The number of fused-ring (bicyclic) bond motifs is 2. The van der Waals surface area contributed by atoms with Crippen LogP contribution >= 0.6 is 10.8 Å². The van der Waals surface area contributed by atoms with E-state index in [0.717, 1.165) is 35.6 Å². The third kappa shape index (κ3) is 3.12. The lowest BCUT2D eigenvalue weighted by Gasteiger charge is -2.41. The van der Waals surface area contributed by atoms with Gasteiger partial charge in [-0.1, -0.05) is 31.5 Å². The summed E-state index contributed by atoms with van der Waals surface area (Å²) < 4.78 is 31.2. The van der Waals surface area contributed by atoms with Gasteiger partial charge in [-0.15, -0.1) is 0 Å². The molecule has 4 nitrogen and oxygen atoms in total. The summed E-state index contributed by atoms with van der Waals surface area (Å²) in [7, 11) is -2.42. The molecule has 1 aromatic carbocycles. The fourth-order valence-electron chi connectivity index (χ4n) is 4.66. The van der Waals surface area contributed by atoms with E-state index in [-0.39, 0.29) is 22.9 Å². The maximum atomic E-state index is 12.8. The summed E-state index contributed by atoms with van der Waals surface area (Å²) >= 11 is 0. The first kappa shape index (κ1) is 18.8. The molecule has 0 aliphatic heterocycles. The zero-order valence-corrected chi connectivity index (χ0v) is 16.9. The Balaban J connectivity index is 1.84. The normalized spacial score (nSPS) is 30.4.